The summed E-state index contributed by atoms with van der Waals surface area (Å²) < 4.78 is 23.3. The Hall–Kier alpha value is -1.63. The minimum absolute atomic E-state index is 0.0767. The maximum atomic E-state index is 11.6. The number of fused-ring (bicyclic) bond motifs is 1. The molecule has 6 heteroatoms. The van der Waals surface area contributed by atoms with Gasteiger partial charge in [0.05, 0.1) is 0 Å². The predicted octanol–water partition coefficient (Wildman–Crippen LogP) is 1.16. The van der Waals surface area contributed by atoms with E-state index in [0.717, 1.165) is 48.0 Å². The van der Waals surface area contributed by atoms with Gasteiger partial charge in [-0.25, -0.2) is 0 Å². The average Bonchev–Trinajstić information content (AvgIpc) is 3.10. The van der Waals surface area contributed by atoms with Crippen LogP contribution in [0.2, 0.25) is 0 Å². The van der Waals surface area contributed by atoms with Crippen molar-refractivity contribution in [3.8, 4) is 0 Å². The maximum Gasteiger partial charge on any atom is 0.233 e. The Morgan fingerprint density at radius 3 is 2.71 bits per heavy atom. The number of aliphatic hydroxyl groups is 1. The average molecular weight is 306 g/mol. The minimum atomic E-state index is -2.25. The van der Waals surface area contributed by atoms with Gasteiger partial charge in [-0.15, -0.1) is 0 Å². The van der Waals surface area contributed by atoms with E-state index in [2.05, 4.69) is 4.98 Å². The standard InChI is InChI=1S/C15H18N2O3S/c18-8-5-12-10-16-14-4-3-11(9-13(12)14)15(21(19)20)17-6-1-2-7-17/h3-4,9-10,16,18H,1-2,5-8H2. The van der Waals surface area contributed by atoms with Crippen molar-refractivity contribution in [2.24, 2.45) is 0 Å². The van der Waals surface area contributed by atoms with Gasteiger partial charge in [-0.3, -0.25) is 4.90 Å². The Kier molecular flexibility index (Phi) is 4.10. The number of likely N-dealkylation sites (tertiary alicyclic amines) is 1. The van der Waals surface area contributed by atoms with E-state index in [1.54, 1.807) is 0 Å². The third-order valence-electron chi connectivity index (χ3n) is 3.95. The molecule has 0 spiro atoms. The second-order valence-electron chi connectivity index (χ2n) is 5.28. The fraction of sp³-hybridized carbons (Fsp3) is 0.400. The molecule has 3 rings (SSSR count). The molecule has 0 aliphatic carbocycles. The van der Waals surface area contributed by atoms with Crippen molar-refractivity contribution in [1.29, 1.82) is 0 Å². The molecule has 2 aromatic rings. The lowest BCUT2D eigenvalue weighted by Gasteiger charge is -2.15. The first-order valence-corrected chi connectivity index (χ1v) is 8.20. The van der Waals surface area contributed by atoms with Crippen molar-refractivity contribution < 1.29 is 13.5 Å². The zero-order valence-electron chi connectivity index (χ0n) is 11.7. The van der Waals surface area contributed by atoms with Crippen molar-refractivity contribution in [1.82, 2.24) is 9.88 Å². The number of aliphatic hydroxyl groups excluding tert-OH is 1. The van der Waals surface area contributed by atoms with E-state index in [4.69, 9.17) is 5.11 Å². The highest BCUT2D eigenvalue weighted by Crippen LogP contribution is 2.22. The summed E-state index contributed by atoms with van der Waals surface area (Å²) in [5.41, 5.74) is 2.68. The molecule has 0 saturated carbocycles. The molecule has 5 nitrogen and oxygen atoms in total. The molecular formula is C15H18N2O3S. The van der Waals surface area contributed by atoms with Gasteiger partial charge in [0, 0.05) is 42.4 Å². The largest absolute Gasteiger partial charge is 0.396 e. The van der Waals surface area contributed by atoms with Crippen molar-refractivity contribution >= 4 is 26.2 Å². The van der Waals surface area contributed by atoms with Crippen LogP contribution < -0.4 is 0 Å². The fourth-order valence-electron chi connectivity index (χ4n) is 2.94. The van der Waals surface area contributed by atoms with Gasteiger partial charge >= 0.3 is 0 Å². The molecule has 0 bridgehead atoms. The van der Waals surface area contributed by atoms with E-state index < -0.39 is 10.3 Å². The second-order valence-corrected chi connectivity index (χ2v) is 6.14. The highest BCUT2D eigenvalue weighted by Gasteiger charge is 2.21. The number of benzene rings is 1. The SMILES string of the molecule is O=S(=O)=C(c1ccc2[nH]cc(CCO)c2c1)N1CCCC1. The number of hydrogen-bond acceptors (Lipinski definition) is 3. The topological polar surface area (TPSA) is 73.4 Å². The molecule has 0 radical (unpaired) electrons. The Balaban J connectivity index is 2.10. The first kappa shape index (κ1) is 14.3. The molecule has 112 valence electrons. The second kappa shape index (κ2) is 6.01. The number of rotatable bonds is 3. The van der Waals surface area contributed by atoms with Gasteiger partial charge in [-0.05, 0) is 37.0 Å². The van der Waals surface area contributed by atoms with Crippen molar-refractivity contribution in [3.05, 3.63) is 35.5 Å². The number of nitrogens with zero attached hydrogens (tertiary/aromatic N) is 1. The zero-order chi connectivity index (χ0) is 14.8. The number of nitrogens with one attached hydrogen (secondary N) is 1. The monoisotopic (exact) mass is 306 g/mol. The summed E-state index contributed by atoms with van der Waals surface area (Å²) in [6, 6.07) is 5.64. The lowest BCUT2D eigenvalue weighted by molar-refractivity contribution is 0.300. The molecule has 1 aliphatic heterocycles. The Morgan fingerprint density at radius 2 is 2.05 bits per heavy atom. The van der Waals surface area contributed by atoms with Crippen molar-refractivity contribution in [2.45, 2.75) is 19.3 Å². The molecule has 1 aromatic carbocycles. The van der Waals surface area contributed by atoms with Gasteiger partial charge in [0.2, 0.25) is 10.3 Å². The number of hydrogen-bond donors (Lipinski definition) is 2. The molecule has 1 fully saturated rings. The van der Waals surface area contributed by atoms with Crippen LogP contribution in [-0.2, 0) is 16.7 Å². The van der Waals surface area contributed by atoms with Crippen molar-refractivity contribution in [2.75, 3.05) is 19.7 Å². The normalized spacial score (nSPS) is 15.7. The molecule has 2 heterocycles. The fourth-order valence-corrected chi connectivity index (χ4v) is 3.66. The van der Waals surface area contributed by atoms with E-state index in [1.165, 1.54) is 0 Å². The molecule has 2 N–H and O–H groups in total. The Morgan fingerprint density at radius 1 is 1.29 bits per heavy atom. The molecule has 0 atom stereocenters. The third kappa shape index (κ3) is 2.74. The van der Waals surface area contributed by atoms with Gasteiger partial charge in [0.1, 0.15) is 4.99 Å². The summed E-state index contributed by atoms with van der Waals surface area (Å²) in [5.74, 6) is 0. The summed E-state index contributed by atoms with van der Waals surface area (Å²) in [4.78, 5) is 5.46. The van der Waals surface area contributed by atoms with Crippen LogP contribution in [0.3, 0.4) is 0 Å². The molecule has 21 heavy (non-hydrogen) atoms. The van der Waals surface area contributed by atoms with Gasteiger partial charge < -0.3 is 10.1 Å². The summed E-state index contributed by atoms with van der Waals surface area (Å²) >= 11 is 0. The van der Waals surface area contributed by atoms with Crippen molar-refractivity contribution in [3.63, 3.8) is 0 Å². The summed E-state index contributed by atoms with van der Waals surface area (Å²) in [6.07, 6.45) is 4.49. The van der Waals surface area contributed by atoms with Crippen LogP contribution in [0.4, 0.5) is 0 Å². The van der Waals surface area contributed by atoms with Crippen LogP contribution in [0.25, 0.3) is 10.9 Å². The number of aromatic amines is 1. The lowest BCUT2D eigenvalue weighted by Crippen LogP contribution is -2.29. The van der Waals surface area contributed by atoms with Gasteiger partial charge in [-0.1, -0.05) is 6.07 Å². The van der Waals surface area contributed by atoms with Crippen LogP contribution in [0, 0.1) is 0 Å². The predicted molar refractivity (Wildman–Crippen MR) is 82.9 cm³/mol. The summed E-state index contributed by atoms with van der Waals surface area (Å²) in [7, 11) is -2.25. The van der Waals surface area contributed by atoms with Crippen LogP contribution >= 0.6 is 0 Å². The molecule has 0 amide bonds. The van der Waals surface area contributed by atoms with Crippen LogP contribution in [0.1, 0.15) is 24.0 Å². The smallest absolute Gasteiger partial charge is 0.233 e. The Bertz CT molecular complexity index is 778. The molecule has 0 unspecified atom stereocenters. The van der Waals surface area contributed by atoms with Crippen LogP contribution in [-0.4, -0.2) is 48.1 Å². The van der Waals surface area contributed by atoms with E-state index in [9.17, 15) is 8.42 Å². The first-order chi connectivity index (χ1) is 10.2. The van der Waals surface area contributed by atoms with E-state index >= 15 is 0 Å². The van der Waals surface area contributed by atoms with Gasteiger partial charge in [0.15, 0.2) is 0 Å². The van der Waals surface area contributed by atoms with E-state index in [0.29, 0.717) is 11.4 Å². The lowest BCUT2D eigenvalue weighted by atomic mass is 10.1. The highest BCUT2D eigenvalue weighted by atomic mass is 32.2. The summed E-state index contributed by atoms with van der Waals surface area (Å²) in [6.45, 7) is 1.66. The van der Waals surface area contributed by atoms with Gasteiger partial charge in [-0.2, -0.15) is 8.42 Å². The molecule has 1 aliphatic rings. The quantitative estimate of drug-likeness (QED) is 0.835. The number of aromatic nitrogens is 1. The highest BCUT2D eigenvalue weighted by molar-refractivity contribution is 7.73. The molecular weight excluding hydrogens is 288 g/mol. The van der Waals surface area contributed by atoms with Gasteiger partial charge in [0.25, 0.3) is 0 Å². The minimum Gasteiger partial charge on any atom is -0.396 e. The molecule has 1 aromatic heterocycles. The van der Waals surface area contributed by atoms with Crippen LogP contribution in [0.15, 0.2) is 24.4 Å². The molecule has 1 saturated heterocycles. The maximum absolute atomic E-state index is 11.6. The van der Waals surface area contributed by atoms with E-state index in [-0.39, 0.29) is 6.61 Å². The summed E-state index contributed by atoms with van der Waals surface area (Å²) in [5, 5.41) is 10.1. The van der Waals surface area contributed by atoms with Crippen LogP contribution in [0.5, 0.6) is 0 Å². The van der Waals surface area contributed by atoms with E-state index in [1.807, 2.05) is 29.3 Å². The Labute approximate surface area is 124 Å². The number of H-pyrrole nitrogens is 1. The first-order valence-electron chi connectivity index (χ1n) is 7.13. The zero-order valence-corrected chi connectivity index (χ0v) is 12.5. The third-order valence-corrected chi connectivity index (χ3v) is 4.76.